The molecule has 1 amide bonds. The second-order valence-corrected chi connectivity index (χ2v) is 8.52. The molecule has 1 unspecified atom stereocenters. The van der Waals surface area contributed by atoms with Crippen LogP contribution in [0, 0.1) is 5.92 Å². The molecule has 0 radical (unpaired) electrons. The molecule has 2 heterocycles. The second kappa shape index (κ2) is 10.6. The quantitative estimate of drug-likeness (QED) is 0.632. The summed E-state index contributed by atoms with van der Waals surface area (Å²) in [6.45, 7) is 10.2. The molecule has 1 aromatic heterocycles. The van der Waals surface area contributed by atoms with Crippen LogP contribution in [0.1, 0.15) is 38.8 Å². The molecule has 2 aromatic rings. The molecule has 0 aliphatic carbocycles. The van der Waals surface area contributed by atoms with Crippen LogP contribution in [0.4, 0.5) is 5.95 Å². The van der Waals surface area contributed by atoms with Crippen molar-refractivity contribution < 1.29 is 9.53 Å². The van der Waals surface area contributed by atoms with E-state index >= 15 is 0 Å². The Morgan fingerprint density at radius 2 is 1.93 bits per heavy atom. The lowest BCUT2D eigenvalue weighted by Gasteiger charge is -2.27. The van der Waals surface area contributed by atoms with Crippen LogP contribution in [0.2, 0.25) is 0 Å². The highest BCUT2D eigenvalue weighted by Gasteiger charge is 2.21. The molecular formula is C21H31N5O2S. The van der Waals surface area contributed by atoms with Crippen molar-refractivity contribution in [2.75, 3.05) is 37.0 Å². The summed E-state index contributed by atoms with van der Waals surface area (Å²) in [4.78, 5) is 14.9. The fourth-order valence-corrected chi connectivity index (χ4v) is 4.27. The Kier molecular flexibility index (Phi) is 7.94. The number of thioether (sulfide) groups is 1. The highest BCUT2D eigenvalue weighted by atomic mass is 32.2. The average Bonchev–Trinajstić information content (AvgIpc) is 3.15. The number of carbonyl (C=O) groups is 1. The Labute approximate surface area is 177 Å². The summed E-state index contributed by atoms with van der Waals surface area (Å²) >= 11 is 1.44. The molecule has 3 rings (SSSR count). The van der Waals surface area contributed by atoms with Gasteiger partial charge < -0.3 is 15.0 Å². The van der Waals surface area contributed by atoms with Crippen LogP contribution in [0.5, 0.6) is 0 Å². The van der Waals surface area contributed by atoms with Gasteiger partial charge in [0.15, 0.2) is 5.16 Å². The van der Waals surface area contributed by atoms with E-state index in [0.717, 1.165) is 42.7 Å². The van der Waals surface area contributed by atoms with Gasteiger partial charge in [0.05, 0.1) is 25.0 Å². The topological polar surface area (TPSA) is 72.3 Å². The fraction of sp³-hybridized carbons (Fsp3) is 0.571. The van der Waals surface area contributed by atoms with Gasteiger partial charge in [-0.15, -0.1) is 10.2 Å². The van der Waals surface area contributed by atoms with E-state index < -0.39 is 0 Å². The number of nitrogens with zero attached hydrogens (tertiary/aromatic N) is 4. The first kappa shape index (κ1) is 21.6. The third kappa shape index (κ3) is 5.96. The lowest BCUT2D eigenvalue weighted by atomic mass is 9.97. The van der Waals surface area contributed by atoms with Crippen molar-refractivity contribution in [2.45, 2.75) is 44.9 Å². The maximum atomic E-state index is 12.7. The minimum absolute atomic E-state index is 0.0167. The smallest absolute Gasteiger partial charge is 0.230 e. The van der Waals surface area contributed by atoms with Crippen molar-refractivity contribution in [2.24, 2.45) is 5.92 Å². The van der Waals surface area contributed by atoms with E-state index in [4.69, 9.17) is 4.74 Å². The van der Waals surface area contributed by atoms with Gasteiger partial charge in [-0.25, -0.2) is 0 Å². The Morgan fingerprint density at radius 1 is 1.21 bits per heavy atom. The number of anilines is 1. The molecule has 7 nitrogen and oxygen atoms in total. The second-order valence-electron chi connectivity index (χ2n) is 7.58. The monoisotopic (exact) mass is 417 g/mol. The van der Waals surface area contributed by atoms with Crippen molar-refractivity contribution in [3.05, 3.63) is 35.9 Å². The first-order chi connectivity index (χ1) is 14.1. The first-order valence-electron chi connectivity index (χ1n) is 10.3. The summed E-state index contributed by atoms with van der Waals surface area (Å²) in [5.41, 5.74) is 1.14. The predicted octanol–water partition coefficient (Wildman–Crippen LogP) is 3.13. The summed E-state index contributed by atoms with van der Waals surface area (Å²) in [6, 6.07) is 10.2. The molecule has 158 valence electrons. The standard InChI is InChI=1S/C21H31N5O2S/c1-4-26-20(25-10-12-28-13-11-25)23-24-21(26)29-15-19(27)22-18(14-16(2)3)17-8-6-5-7-9-17/h5-9,16,18H,4,10-15H2,1-3H3,(H,22,27). The van der Waals surface area contributed by atoms with Gasteiger partial charge in [0.1, 0.15) is 0 Å². The van der Waals surface area contributed by atoms with Crippen LogP contribution >= 0.6 is 11.8 Å². The van der Waals surface area contributed by atoms with Crippen LogP contribution in [-0.2, 0) is 16.1 Å². The van der Waals surface area contributed by atoms with E-state index in [1.165, 1.54) is 11.8 Å². The largest absolute Gasteiger partial charge is 0.378 e. The van der Waals surface area contributed by atoms with Gasteiger partial charge in [0.2, 0.25) is 11.9 Å². The number of morpholine rings is 1. The first-order valence-corrected chi connectivity index (χ1v) is 11.3. The molecule has 1 saturated heterocycles. The number of benzene rings is 1. The highest BCUT2D eigenvalue weighted by molar-refractivity contribution is 7.99. The van der Waals surface area contributed by atoms with Crippen molar-refractivity contribution in [3.63, 3.8) is 0 Å². The predicted molar refractivity (Wildman–Crippen MR) is 116 cm³/mol. The number of ether oxygens (including phenoxy) is 1. The summed E-state index contributed by atoms with van der Waals surface area (Å²) in [6.07, 6.45) is 0.909. The van der Waals surface area contributed by atoms with Gasteiger partial charge in [0.25, 0.3) is 0 Å². The van der Waals surface area contributed by atoms with E-state index in [1.807, 2.05) is 18.2 Å². The number of rotatable bonds is 9. The lowest BCUT2D eigenvalue weighted by molar-refractivity contribution is -0.119. The van der Waals surface area contributed by atoms with Gasteiger partial charge >= 0.3 is 0 Å². The molecule has 1 aliphatic rings. The highest BCUT2D eigenvalue weighted by Crippen LogP contribution is 2.24. The number of carbonyl (C=O) groups excluding carboxylic acids is 1. The molecule has 1 aromatic carbocycles. The van der Waals surface area contributed by atoms with E-state index in [2.05, 4.69) is 57.9 Å². The van der Waals surface area contributed by atoms with Crippen molar-refractivity contribution in [1.82, 2.24) is 20.1 Å². The van der Waals surface area contributed by atoms with Gasteiger partial charge in [-0.2, -0.15) is 0 Å². The van der Waals surface area contributed by atoms with Gasteiger partial charge in [-0.3, -0.25) is 9.36 Å². The van der Waals surface area contributed by atoms with Crippen LogP contribution < -0.4 is 10.2 Å². The minimum Gasteiger partial charge on any atom is -0.378 e. The molecular weight excluding hydrogens is 386 g/mol. The van der Waals surface area contributed by atoms with Crippen molar-refractivity contribution in [3.8, 4) is 0 Å². The number of amides is 1. The molecule has 0 saturated carbocycles. The van der Waals surface area contributed by atoms with Crippen LogP contribution in [0.25, 0.3) is 0 Å². The summed E-state index contributed by atoms with van der Waals surface area (Å²) in [5, 5.41) is 12.7. The zero-order valence-corrected chi connectivity index (χ0v) is 18.3. The maximum absolute atomic E-state index is 12.7. The Hall–Kier alpha value is -2.06. The molecule has 0 spiro atoms. The Morgan fingerprint density at radius 3 is 2.59 bits per heavy atom. The van der Waals surface area contributed by atoms with E-state index in [-0.39, 0.29) is 11.9 Å². The molecule has 0 bridgehead atoms. The summed E-state index contributed by atoms with van der Waals surface area (Å²) in [7, 11) is 0. The van der Waals surface area contributed by atoms with Gasteiger partial charge in [0, 0.05) is 19.6 Å². The van der Waals surface area contributed by atoms with Crippen LogP contribution in [0.15, 0.2) is 35.5 Å². The van der Waals surface area contributed by atoms with Gasteiger partial charge in [-0.05, 0) is 24.8 Å². The van der Waals surface area contributed by atoms with E-state index in [0.29, 0.717) is 24.9 Å². The Balaban J connectivity index is 1.61. The molecule has 8 heteroatoms. The fourth-order valence-electron chi connectivity index (χ4n) is 3.46. The minimum atomic E-state index is 0.0167. The molecule has 1 atom stereocenters. The van der Waals surface area contributed by atoms with Crippen LogP contribution in [-0.4, -0.2) is 52.7 Å². The number of aromatic nitrogens is 3. The molecule has 1 fully saturated rings. The lowest BCUT2D eigenvalue weighted by Crippen LogP contribution is -2.38. The third-order valence-electron chi connectivity index (χ3n) is 4.88. The zero-order chi connectivity index (χ0) is 20.6. The molecule has 1 aliphatic heterocycles. The molecule has 29 heavy (non-hydrogen) atoms. The summed E-state index contributed by atoms with van der Waals surface area (Å²) in [5.74, 6) is 1.69. The average molecular weight is 418 g/mol. The number of hydrogen-bond acceptors (Lipinski definition) is 6. The maximum Gasteiger partial charge on any atom is 0.230 e. The van der Waals surface area contributed by atoms with E-state index in [9.17, 15) is 4.79 Å². The van der Waals surface area contributed by atoms with Crippen molar-refractivity contribution >= 4 is 23.6 Å². The van der Waals surface area contributed by atoms with Crippen LogP contribution in [0.3, 0.4) is 0 Å². The number of nitrogens with one attached hydrogen (secondary N) is 1. The van der Waals surface area contributed by atoms with Gasteiger partial charge in [-0.1, -0.05) is 55.9 Å². The normalized spacial score (nSPS) is 15.5. The summed E-state index contributed by atoms with van der Waals surface area (Å²) < 4.78 is 7.50. The molecule has 1 N–H and O–H groups in total. The third-order valence-corrected chi connectivity index (χ3v) is 5.85. The SMILES string of the molecule is CCn1c(SCC(=O)NC(CC(C)C)c2ccccc2)nnc1N1CCOCC1. The zero-order valence-electron chi connectivity index (χ0n) is 17.5. The van der Waals surface area contributed by atoms with Crippen molar-refractivity contribution in [1.29, 1.82) is 0 Å². The van der Waals surface area contributed by atoms with E-state index in [1.54, 1.807) is 0 Å². The number of hydrogen-bond donors (Lipinski definition) is 1. The Bertz CT molecular complexity index is 775.